The molecule has 1 aliphatic rings. The maximum absolute atomic E-state index is 12.0. The van der Waals surface area contributed by atoms with E-state index >= 15 is 0 Å². The fourth-order valence-corrected chi connectivity index (χ4v) is 2.16. The predicted molar refractivity (Wildman–Crippen MR) is 65.8 cm³/mol. The lowest BCUT2D eigenvalue weighted by Gasteiger charge is -2.18. The van der Waals surface area contributed by atoms with Crippen LogP contribution < -0.4 is 11.1 Å². The van der Waals surface area contributed by atoms with E-state index in [9.17, 15) is 4.79 Å². The molecule has 1 rings (SSSR count). The fourth-order valence-electron chi connectivity index (χ4n) is 2.16. The zero-order chi connectivity index (χ0) is 12.8. The Morgan fingerprint density at radius 3 is 2.88 bits per heavy atom. The van der Waals surface area contributed by atoms with Gasteiger partial charge in [-0.15, -0.1) is 12.3 Å². The van der Waals surface area contributed by atoms with Crippen molar-refractivity contribution in [1.29, 1.82) is 5.26 Å². The molecule has 1 fully saturated rings. The van der Waals surface area contributed by atoms with Crippen LogP contribution in [0.15, 0.2) is 0 Å². The summed E-state index contributed by atoms with van der Waals surface area (Å²) >= 11 is 0. The summed E-state index contributed by atoms with van der Waals surface area (Å²) in [5.74, 6) is 2.83. The number of terminal acetylenes is 1. The Balaban J connectivity index is 2.43. The van der Waals surface area contributed by atoms with Gasteiger partial charge in [-0.3, -0.25) is 10.1 Å². The third-order valence-corrected chi connectivity index (χ3v) is 3.13. The standard InChI is InChI=1S/C13H19N3O/c1-3-4-9(2)7-11(15)13(17)12-6-5-10(8-14)16-12/h1,9-12,16H,4-7,15H2,2H3/t9?,10-,11-,12+/m0/s1. The number of rotatable bonds is 5. The minimum Gasteiger partial charge on any atom is -0.321 e. The molecule has 1 aliphatic heterocycles. The highest BCUT2D eigenvalue weighted by atomic mass is 16.1. The van der Waals surface area contributed by atoms with Gasteiger partial charge in [0, 0.05) is 6.42 Å². The van der Waals surface area contributed by atoms with Gasteiger partial charge < -0.3 is 5.73 Å². The zero-order valence-corrected chi connectivity index (χ0v) is 10.1. The number of hydrogen-bond acceptors (Lipinski definition) is 4. The fraction of sp³-hybridized carbons (Fsp3) is 0.692. The first kappa shape index (κ1) is 13.7. The summed E-state index contributed by atoms with van der Waals surface area (Å²) in [5.41, 5.74) is 5.87. The minimum absolute atomic E-state index is 0.00613. The molecule has 1 saturated heterocycles. The van der Waals surface area contributed by atoms with Crippen LogP contribution in [0.2, 0.25) is 0 Å². The molecule has 0 aromatic rings. The third-order valence-electron chi connectivity index (χ3n) is 3.13. The van der Waals surface area contributed by atoms with E-state index in [0.717, 1.165) is 6.42 Å². The monoisotopic (exact) mass is 233 g/mol. The molecular weight excluding hydrogens is 214 g/mol. The van der Waals surface area contributed by atoms with Crippen LogP contribution in [0.1, 0.15) is 32.6 Å². The summed E-state index contributed by atoms with van der Waals surface area (Å²) in [6, 6.07) is 1.17. The second-order valence-corrected chi connectivity index (χ2v) is 4.74. The molecule has 17 heavy (non-hydrogen) atoms. The first-order valence-electron chi connectivity index (χ1n) is 5.97. The van der Waals surface area contributed by atoms with Gasteiger partial charge in [0.05, 0.1) is 24.2 Å². The van der Waals surface area contributed by atoms with Gasteiger partial charge in [-0.25, -0.2) is 0 Å². The Morgan fingerprint density at radius 1 is 1.65 bits per heavy atom. The Labute approximate surface area is 103 Å². The predicted octanol–water partition coefficient (Wildman–Crippen LogP) is 0.576. The minimum atomic E-state index is -0.478. The molecule has 0 aromatic heterocycles. The lowest BCUT2D eigenvalue weighted by Crippen LogP contribution is -2.45. The maximum atomic E-state index is 12.0. The SMILES string of the molecule is C#CCC(C)C[C@H](N)C(=O)[C@H]1CC[C@@H](C#N)N1. The van der Waals surface area contributed by atoms with Crippen molar-refractivity contribution in [2.45, 2.75) is 50.7 Å². The number of nitrogens with one attached hydrogen (secondary N) is 1. The van der Waals surface area contributed by atoms with Crippen molar-refractivity contribution in [2.75, 3.05) is 0 Å². The Kier molecular flexibility index (Phi) is 5.15. The number of ketones is 1. The topological polar surface area (TPSA) is 78.9 Å². The summed E-state index contributed by atoms with van der Waals surface area (Å²) in [5, 5.41) is 11.7. The van der Waals surface area contributed by atoms with Crippen molar-refractivity contribution in [3.05, 3.63) is 0 Å². The molecule has 4 atom stereocenters. The largest absolute Gasteiger partial charge is 0.321 e. The molecule has 1 unspecified atom stereocenters. The van der Waals surface area contributed by atoms with E-state index in [1.807, 2.05) is 6.92 Å². The Morgan fingerprint density at radius 2 is 2.35 bits per heavy atom. The van der Waals surface area contributed by atoms with Gasteiger partial charge in [-0.1, -0.05) is 6.92 Å². The van der Waals surface area contributed by atoms with Crippen LogP contribution in [-0.2, 0) is 4.79 Å². The van der Waals surface area contributed by atoms with Crippen molar-refractivity contribution >= 4 is 5.78 Å². The van der Waals surface area contributed by atoms with Crippen LogP contribution in [0.25, 0.3) is 0 Å². The van der Waals surface area contributed by atoms with Gasteiger partial charge in [-0.05, 0) is 25.2 Å². The average molecular weight is 233 g/mol. The summed E-state index contributed by atoms with van der Waals surface area (Å²) in [6.07, 6.45) is 7.89. The molecule has 4 heteroatoms. The lowest BCUT2D eigenvalue weighted by atomic mass is 9.93. The van der Waals surface area contributed by atoms with Crippen molar-refractivity contribution in [1.82, 2.24) is 5.32 Å². The normalized spacial score (nSPS) is 26.8. The van der Waals surface area contributed by atoms with Gasteiger partial charge >= 0.3 is 0 Å². The summed E-state index contributed by atoms with van der Waals surface area (Å²) in [4.78, 5) is 12.0. The molecule has 4 nitrogen and oxygen atoms in total. The zero-order valence-electron chi connectivity index (χ0n) is 10.1. The number of nitrogens with two attached hydrogens (primary N) is 1. The molecule has 0 aromatic carbocycles. The number of nitrogens with zero attached hydrogens (tertiary/aromatic N) is 1. The number of Topliss-reactive ketones (excluding diaryl/α,β-unsaturated/α-hetero) is 1. The molecule has 0 spiro atoms. The van der Waals surface area contributed by atoms with Gasteiger partial charge in [0.15, 0.2) is 5.78 Å². The lowest BCUT2D eigenvalue weighted by molar-refractivity contribution is -0.122. The van der Waals surface area contributed by atoms with Gasteiger partial charge in [0.25, 0.3) is 0 Å². The van der Waals surface area contributed by atoms with Crippen LogP contribution in [0, 0.1) is 29.6 Å². The van der Waals surface area contributed by atoms with E-state index < -0.39 is 6.04 Å². The van der Waals surface area contributed by atoms with Crippen molar-refractivity contribution in [2.24, 2.45) is 11.7 Å². The van der Waals surface area contributed by atoms with E-state index in [1.54, 1.807) is 0 Å². The molecular formula is C13H19N3O. The van der Waals surface area contributed by atoms with Gasteiger partial charge in [0.2, 0.25) is 0 Å². The molecule has 92 valence electrons. The van der Waals surface area contributed by atoms with E-state index in [1.165, 1.54) is 0 Å². The molecule has 1 heterocycles. The van der Waals surface area contributed by atoms with Gasteiger partial charge in [-0.2, -0.15) is 5.26 Å². The number of carbonyl (C=O) groups is 1. The van der Waals surface area contributed by atoms with Crippen LogP contribution in [0.5, 0.6) is 0 Å². The number of nitriles is 1. The number of hydrogen-bond donors (Lipinski definition) is 2. The average Bonchev–Trinajstić information content (AvgIpc) is 2.76. The molecule has 0 saturated carbocycles. The molecule has 0 aliphatic carbocycles. The van der Waals surface area contributed by atoms with Crippen molar-refractivity contribution < 1.29 is 4.79 Å². The van der Waals surface area contributed by atoms with Crippen LogP contribution in [0.3, 0.4) is 0 Å². The highest BCUT2D eigenvalue weighted by Crippen LogP contribution is 2.16. The maximum Gasteiger partial charge on any atom is 0.166 e. The quantitative estimate of drug-likeness (QED) is 0.681. The number of carbonyl (C=O) groups excluding carboxylic acids is 1. The second kappa shape index (κ2) is 6.39. The highest BCUT2D eigenvalue weighted by molar-refractivity contribution is 5.89. The molecule has 3 N–H and O–H groups in total. The highest BCUT2D eigenvalue weighted by Gasteiger charge is 2.32. The van der Waals surface area contributed by atoms with Gasteiger partial charge in [0.1, 0.15) is 0 Å². The first-order valence-corrected chi connectivity index (χ1v) is 5.97. The van der Waals surface area contributed by atoms with Crippen LogP contribution in [0.4, 0.5) is 0 Å². The summed E-state index contributed by atoms with van der Waals surface area (Å²) in [6.45, 7) is 1.99. The molecule has 0 bridgehead atoms. The smallest absolute Gasteiger partial charge is 0.166 e. The molecule has 0 amide bonds. The summed E-state index contributed by atoms with van der Waals surface area (Å²) in [7, 11) is 0. The van der Waals surface area contributed by atoms with E-state index in [4.69, 9.17) is 17.4 Å². The Bertz CT molecular complexity index is 353. The van der Waals surface area contributed by atoms with E-state index in [-0.39, 0.29) is 23.8 Å². The molecule has 0 radical (unpaired) electrons. The third kappa shape index (κ3) is 3.85. The first-order chi connectivity index (χ1) is 8.08. The van der Waals surface area contributed by atoms with Crippen LogP contribution in [-0.4, -0.2) is 23.9 Å². The van der Waals surface area contributed by atoms with E-state index in [2.05, 4.69) is 17.3 Å². The Hall–Kier alpha value is -1.36. The second-order valence-electron chi connectivity index (χ2n) is 4.74. The van der Waals surface area contributed by atoms with Crippen LogP contribution >= 0.6 is 0 Å². The summed E-state index contributed by atoms with van der Waals surface area (Å²) < 4.78 is 0. The van der Waals surface area contributed by atoms with E-state index in [0.29, 0.717) is 19.3 Å². The van der Waals surface area contributed by atoms with Crippen molar-refractivity contribution in [3.8, 4) is 18.4 Å². The van der Waals surface area contributed by atoms with Crippen molar-refractivity contribution in [3.63, 3.8) is 0 Å².